The Morgan fingerprint density at radius 2 is 2.41 bits per heavy atom. The van der Waals surface area contributed by atoms with Crippen LogP contribution in [0, 0.1) is 0 Å². The molecule has 0 aliphatic heterocycles. The Balaban J connectivity index is 2.12. The monoisotopic (exact) mass is 228 g/mol. The van der Waals surface area contributed by atoms with Gasteiger partial charge in [0.1, 0.15) is 12.7 Å². The SMILES string of the molecule is C=CC(=O)NCc1cccc(-n2cncn2)c1. The number of carbonyl (C=O) groups excluding carboxylic acids is 1. The maximum absolute atomic E-state index is 11.0. The minimum Gasteiger partial charge on any atom is -0.348 e. The Morgan fingerprint density at radius 3 is 3.12 bits per heavy atom. The average molecular weight is 228 g/mol. The van der Waals surface area contributed by atoms with E-state index in [1.807, 2.05) is 24.3 Å². The second-order valence-electron chi connectivity index (χ2n) is 3.43. The van der Waals surface area contributed by atoms with Gasteiger partial charge in [0.2, 0.25) is 5.91 Å². The normalized spacial score (nSPS) is 9.88. The molecule has 0 atom stereocenters. The number of carbonyl (C=O) groups is 1. The van der Waals surface area contributed by atoms with Crippen LogP contribution in [0.15, 0.2) is 49.6 Å². The van der Waals surface area contributed by atoms with Gasteiger partial charge in [-0.2, -0.15) is 5.10 Å². The van der Waals surface area contributed by atoms with Gasteiger partial charge < -0.3 is 5.32 Å². The first kappa shape index (κ1) is 11.1. The maximum Gasteiger partial charge on any atom is 0.243 e. The topological polar surface area (TPSA) is 59.8 Å². The highest BCUT2D eigenvalue weighted by molar-refractivity contribution is 5.86. The van der Waals surface area contributed by atoms with Crippen LogP contribution in [0.3, 0.4) is 0 Å². The standard InChI is InChI=1S/C12H12N4O/c1-2-12(17)14-7-10-4-3-5-11(6-10)16-9-13-8-15-16/h2-6,8-9H,1,7H2,(H,14,17). The summed E-state index contributed by atoms with van der Waals surface area (Å²) in [5.41, 5.74) is 1.90. The van der Waals surface area contributed by atoms with Crippen LogP contribution in [-0.4, -0.2) is 20.7 Å². The quantitative estimate of drug-likeness (QED) is 0.796. The number of amides is 1. The lowest BCUT2D eigenvalue weighted by Crippen LogP contribution is -2.19. The molecule has 0 aliphatic rings. The summed E-state index contributed by atoms with van der Waals surface area (Å²) >= 11 is 0. The molecule has 17 heavy (non-hydrogen) atoms. The zero-order valence-corrected chi connectivity index (χ0v) is 9.21. The first-order valence-corrected chi connectivity index (χ1v) is 5.14. The first-order chi connectivity index (χ1) is 8.29. The molecule has 0 radical (unpaired) electrons. The van der Waals surface area contributed by atoms with Gasteiger partial charge in [0.05, 0.1) is 5.69 Å². The predicted molar refractivity (Wildman–Crippen MR) is 63.4 cm³/mol. The van der Waals surface area contributed by atoms with Gasteiger partial charge in [0.25, 0.3) is 0 Å². The molecule has 0 saturated heterocycles. The summed E-state index contributed by atoms with van der Waals surface area (Å²) in [5.74, 6) is -0.184. The van der Waals surface area contributed by atoms with Crippen molar-refractivity contribution in [2.45, 2.75) is 6.54 Å². The predicted octanol–water partition coefficient (Wildman–Crippen LogP) is 1.07. The molecule has 0 aliphatic carbocycles. The van der Waals surface area contributed by atoms with Crippen LogP contribution >= 0.6 is 0 Å². The van der Waals surface area contributed by atoms with E-state index >= 15 is 0 Å². The second kappa shape index (κ2) is 5.07. The zero-order chi connectivity index (χ0) is 12.1. The summed E-state index contributed by atoms with van der Waals surface area (Å²) in [7, 11) is 0. The van der Waals surface area contributed by atoms with Gasteiger partial charge in [0, 0.05) is 6.54 Å². The number of hydrogen-bond donors (Lipinski definition) is 1. The molecule has 2 aromatic rings. The molecule has 0 spiro atoms. The molecular formula is C12H12N4O. The van der Waals surface area contributed by atoms with Crippen molar-refractivity contribution in [1.29, 1.82) is 0 Å². The van der Waals surface area contributed by atoms with Gasteiger partial charge in [-0.3, -0.25) is 4.79 Å². The highest BCUT2D eigenvalue weighted by Crippen LogP contribution is 2.08. The summed E-state index contributed by atoms with van der Waals surface area (Å²) in [6.45, 7) is 3.86. The third-order valence-corrected chi connectivity index (χ3v) is 2.25. The summed E-state index contributed by atoms with van der Waals surface area (Å²) in [4.78, 5) is 14.9. The van der Waals surface area contributed by atoms with Crippen LogP contribution in [-0.2, 0) is 11.3 Å². The minimum absolute atomic E-state index is 0.184. The molecule has 0 fully saturated rings. The van der Waals surface area contributed by atoms with Gasteiger partial charge in [0.15, 0.2) is 0 Å². The van der Waals surface area contributed by atoms with Crippen LogP contribution in [0.5, 0.6) is 0 Å². The molecule has 1 aromatic heterocycles. The number of rotatable bonds is 4. The molecule has 2 rings (SSSR count). The van der Waals surface area contributed by atoms with Crippen molar-refractivity contribution in [2.24, 2.45) is 0 Å². The van der Waals surface area contributed by atoms with Crippen LogP contribution in [0.2, 0.25) is 0 Å². The molecule has 1 heterocycles. The average Bonchev–Trinajstić information content (AvgIpc) is 2.90. The second-order valence-corrected chi connectivity index (χ2v) is 3.43. The molecule has 5 nitrogen and oxygen atoms in total. The third kappa shape index (κ3) is 2.78. The third-order valence-electron chi connectivity index (χ3n) is 2.25. The van der Waals surface area contributed by atoms with Crippen molar-refractivity contribution >= 4 is 5.91 Å². The Labute approximate surface area is 98.8 Å². The van der Waals surface area contributed by atoms with Crippen LogP contribution < -0.4 is 5.32 Å². The van der Waals surface area contributed by atoms with Gasteiger partial charge in [-0.25, -0.2) is 9.67 Å². The molecule has 0 bridgehead atoms. The lowest BCUT2D eigenvalue weighted by molar-refractivity contribution is -0.116. The molecule has 86 valence electrons. The van der Waals surface area contributed by atoms with Crippen molar-refractivity contribution in [3.05, 3.63) is 55.1 Å². The largest absolute Gasteiger partial charge is 0.348 e. The van der Waals surface area contributed by atoms with Gasteiger partial charge in [-0.15, -0.1) is 0 Å². The van der Waals surface area contributed by atoms with E-state index in [-0.39, 0.29) is 5.91 Å². The molecule has 5 heteroatoms. The lowest BCUT2D eigenvalue weighted by atomic mass is 10.2. The Morgan fingerprint density at radius 1 is 1.53 bits per heavy atom. The molecule has 0 unspecified atom stereocenters. The highest BCUT2D eigenvalue weighted by atomic mass is 16.1. The first-order valence-electron chi connectivity index (χ1n) is 5.14. The summed E-state index contributed by atoms with van der Waals surface area (Å²) < 4.78 is 1.67. The minimum atomic E-state index is -0.184. The molecule has 1 N–H and O–H groups in total. The summed E-state index contributed by atoms with van der Waals surface area (Å²) in [6, 6.07) is 7.71. The number of benzene rings is 1. The van der Waals surface area contributed by atoms with E-state index in [1.165, 1.54) is 12.4 Å². The van der Waals surface area contributed by atoms with Gasteiger partial charge in [-0.05, 0) is 23.8 Å². The number of nitrogens with zero attached hydrogens (tertiary/aromatic N) is 3. The molecular weight excluding hydrogens is 216 g/mol. The molecule has 0 saturated carbocycles. The molecule has 1 aromatic carbocycles. The van der Waals surface area contributed by atoms with Crippen molar-refractivity contribution in [3.8, 4) is 5.69 Å². The fourth-order valence-electron chi connectivity index (χ4n) is 1.41. The Bertz CT molecular complexity index is 519. The summed E-state index contributed by atoms with van der Waals surface area (Å²) in [5, 5.41) is 6.76. The number of nitrogens with one attached hydrogen (secondary N) is 1. The van der Waals surface area contributed by atoms with E-state index in [4.69, 9.17) is 0 Å². The van der Waals surface area contributed by atoms with E-state index in [1.54, 1.807) is 11.0 Å². The smallest absolute Gasteiger partial charge is 0.243 e. The van der Waals surface area contributed by atoms with Crippen LogP contribution in [0.25, 0.3) is 5.69 Å². The van der Waals surface area contributed by atoms with E-state index in [0.717, 1.165) is 11.3 Å². The lowest BCUT2D eigenvalue weighted by Gasteiger charge is -2.05. The van der Waals surface area contributed by atoms with Gasteiger partial charge in [-0.1, -0.05) is 18.7 Å². The van der Waals surface area contributed by atoms with Crippen molar-refractivity contribution in [3.63, 3.8) is 0 Å². The van der Waals surface area contributed by atoms with Crippen LogP contribution in [0.1, 0.15) is 5.56 Å². The Kier molecular flexibility index (Phi) is 3.30. The molecule has 1 amide bonds. The summed E-state index contributed by atoms with van der Waals surface area (Å²) in [6.07, 6.45) is 4.36. The van der Waals surface area contributed by atoms with E-state index in [2.05, 4.69) is 22.0 Å². The number of hydrogen-bond acceptors (Lipinski definition) is 3. The van der Waals surface area contributed by atoms with E-state index in [0.29, 0.717) is 6.54 Å². The highest BCUT2D eigenvalue weighted by Gasteiger charge is 2.00. The fourth-order valence-corrected chi connectivity index (χ4v) is 1.41. The van der Waals surface area contributed by atoms with Gasteiger partial charge >= 0.3 is 0 Å². The van der Waals surface area contributed by atoms with Crippen molar-refractivity contribution in [2.75, 3.05) is 0 Å². The fraction of sp³-hybridized carbons (Fsp3) is 0.0833. The zero-order valence-electron chi connectivity index (χ0n) is 9.21. The van der Waals surface area contributed by atoms with E-state index < -0.39 is 0 Å². The Hall–Kier alpha value is -2.43. The van der Waals surface area contributed by atoms with Crippen molar-refractivity contribution < 1.29 is 4.79 Å². The maximum atomic E-state index is 11.0. The van der Waals surface area contributed by atoms with E-state index in [9.17, 15) is 4.79 Å². The number of aromatic nitrogens is 3. The van der Waals surface area contributed by atoms with Crippen LogP contribution in [0.4, 0.5) is 0 Å². The van der Waals surface area contributed by atoms with Crippen molar-refractivity contribution in [1.82, 2.24) is 20.1 Å².